The van der Waals surface area contributed by atoms with E-state index in [0.29, 0.717) is 44.7 Å². The predicted molar refractivity (Wildman–Crippen MR) is 123 cm³/mol. The Morgan fingerprint density at radius 3 is 2.09 bits per heavy atom. The topological polar surface area (TPSA) is 64.1 Å². The summed E-state index contributed by atoms with van der Waals surface area (Å²) in [6.45, 7) is 9.90. The van der Waals surface area contributed by atoms with Gasteiger partial charge in [0.15, 0.2) is 0 Å². The second kappa shape index (κ2) is 9.06. The van der Waals surface area contributed by atoms with Crippen molar-refractivity contribution in [1.29, 1.82) is 0 Å². The van der Waals surface area contributed by atoms with Gasteiger partial charge < -0.3 is 14.9 Å². The minimum absolute atomic E-state index is 0.0152. The number of carbonyl (C=O) groups excluding carboxylic acids is 1. The number of likely N-dealkylation sites (tertiary alicyclic amines) is 2. The first-order valence-electron chi connectivity index (χ1n) is 12.1. The van der Waals surface area contributed by atoms with Crippen LogP contribution in [0.1, 0.15) is 57.1 Å². The molecule has 4 rings (SSSR count). The third-order valence-electron chi connectivity index (χ3n) is 7.66. The zero-order valence-electron chi connectivity index (χ0n) is 20.1. The highest BCUT2D eigenvalue weighted by atomic mass is 19.4. The molecule has 3 fully saturated rings. The molecule has 188 valence electrons. The first-order valence-corrected chi connectivity index (χ1v) is 12.1. The van der Waals surface area contributed by atoms with E-state index in [1.807, 2.05) is 9.80 Å². The van der Waals surface area contributed by atoms with Crippen LogP contribution in [0.2, 0.25) is 0 Å². The van der Waals surface area contributed by atoms with E-state index in [4.69, 9.17) is 0 Å². The number of carbonyl (C=O) groups is 2. The summed E-state index contributed by atoms with van der Waals surface area (Å²) >= 11 is 0. The Labute approximate surface area is 198 Å². The molecule has 1 atom stereocenters. The monoisotopic (exact) mass is 481 g/mol. The molecule has 0 radical (unpaired) electrons. The van der Waals surface area contributed by atoms with Crippen molar-refractivity contribution in [2.75, 3.05) is 44.2 Å². The van der Waals surface area contributed by atoms with E-state index in [-0.39, 0.29) is 23.3 Å². The van der Waals surface area contributed by atoms with Crippen LogP contribution in [-0.4, -0.2) is 71.6 Å². The molecule has 0 aliphatic carbocycles. The van der Waals surface area contributed by atoms with Crippen LogP contribution < -0.4 is 4.90 Å². The maximum atomic E-state index is 13.4. The van der Waals surface area contributed by atoms with E-state index in [1.54, 1.807) is 6.07 Å². The Balaban J connectivity index is 1.46. The van der Waals surface area contributed by atoms with Gasteiger partial charge in [-0.2, -0.15) is 13.2 Å². The summed E-state index contributed by atoms with van der Waals surface area (Å²) in [7, 11) is 0. The quantitative estimate of drug-likeness (QED) is 0.703. The lowest BCUT2D eigenvalue weighted by Gasteiger charge is -2.43. The van der Waals surface area contributed by atoms with Gasteiger partial charge in [0.2, 0.25) is 5.91 Å². The summed E-state index contributed by atoms with van der Waals surface area (Å²) in [4.78, 5) is 30.4. The molecule has 6 nitrogen and oxygen atoms in total. The number of carboxylic acid groups (broad SMARTS) is 1. The highest BCUT2D eigenvalue weighted by Crippen LogP contribution is 2.40. The van der Waals surface area contributed by atoms with Crippen LogP contribution in [0.5, 0.6) is 0 Å². The van der Waals surface area contributed by atoms with E-state index in [0.717, 1.165) is 31.1 Å². The fourth-order valence-electron chi connectivity index (χ4n) is 5.39. The van der Waals surface area contributed by atoms with Crippen LogP contribution in [0.25, 0.3) is 0 Å². The normalized spacial score (nSPS) is 23.3. The second-order valence-electron chi connectivity index (χ2n) is 10.9. The average Bonchev–Trinajstić information content (AvgIpc) is 3.23. The second-order valence-corrected chi connectivity index (χ2v) is 10.9. The Kier molecular flexibility index (Phi) is 6.61. The molecule has 1 unspecified atom stereocenters. The predicted octanol–water partition coefficient (Wildman–Crippen LogP) is 4.05. The molecule has 0 saturated carbocycles. The third kappa shape index (κ3) is 5.04. The van der Waals surface area contributed by atoms with Crippen LogP contribution in [0.15, 0.2) is 18.2 Å². The van der Waals surface area contributed by atoms with Gasteiger partial charge in [-0.1, -0.05) is 6.07 Å². The van der Waals surface area contributed by atoms with Gasteiger partial charge in [0.05, 0.1) is 17.4 Å². The molecule has 34 heavy (non-hydrogen) atoms. The minimum Gasteiger partial charge on any atom is -0.481 e. The van der Waals surface area contributed by atoms with E-state index in [2.05, 4.69) is 25.7 Å². The first kappa shape index (κ1) is 24.8. The van der Waals surface area contributed by atoms with E-state index < -0.39 is 23.6 Å². The van der Waals surface area contributed by atoms with Gasteiger partial charge in [-0.3, -0.25) is 14.5 Å². The largest absolute Gasteiger partial charge is 0.481 e. The molecular weight excluding hydrogens is 447 g/mol. The van der Waals surface area contributed by atoms with Gasteiger partial charge in [0.25, 0.3) is 0 Å². The standard InChI is InChI=1S/C25H34F3N3O3/c1-24(2,3)31-11-8-17(15-31)22(32)30-13-18(14-30)20-5-4-19(25(26,27)28)12-21(20)29-9-6-16(7-10-29)23(33)34/h4-5,12,16-18H,6-11,13-15H2,1-3H3,(H,33,34). The molecule has 1 aromatic rings. The van der Waals surface area contributed by atoms with Gasteiger partial charge in [-0.15, -0.1) is 0 Å². The molecular formula is C25H34F3N3O3. The van der Waals surface area contributed by atoms with Crippen molar-refractivity contribution in [1.82, 2.24) is 9.80 Å². The molecule has 9 heteroatoms. The van der Waals surface area contributed by atoms with Crippen molar-refractivity contribution in [2.45, 2.75) is 57.7 Å². The van der Waals surface area contributed by atoms with Crippen LogP contribution in [0.4, 0.5) is 18.9 Å². The Bertz CT molecular complexity index is 930. The zero-order valence-corrected chi connectivity index (χ0v) is 20.1. The molecule has 1 N–H and O–H groups in total. The number of nitrogens with zero attached hydrogens (tertiary/aromatic N) is 3. The summed E-state index contributed by atoms with van der Waals surface area (Å²) in [6.07, 6.45) is -2.80. The third-order valence-corrected chi connectivity index (χ3v) is 7.66. The number of amides is 1. The molecule has 0 bridgehead atoms. The number of rotatable bonds is 4. The summed E-state index contributed by atoms with van der Waals surface area (Å²) in [5.41, 5.74) is 0.659. The number of hydrogen-bond donors (Lipinski definition) is 1. The fraction of sp³-hybridized carbons (Fsp3) is 0.680. The van der Waals surface area contributed by atoms with Crippen molar-refractivity contribution in [3.05, 3.63) is 29.3 Å². The molecule has 0 spiro atoms. The van der Waals surface area contributed by atoms with E-state index in [1.165, 1.54) is 6.07 Å². The minimum atomic E-state index is -4.45. The number of anilines is 1. The number of alkyl halides is 3. The molecule has 1 aromatic carbocycles. The van der Waals surface area contributed by atoms with Crippen LogP contribution in [-0.2, 0) is 15.8 Å². The maximum Gasteiger partial charge on any atom is 0.416 e. The van der Waals surface area contributed by atoms with Gasteiger partial charge in [-0.25, -0.2) is 0 Å². The van der Waals surface area contributed by atoms with Crippen molar-refractivity contribution in [3.8, 4) is 0 Å². The lowest BCUT2D eigenvalue weighted by Crippen LogP contribution is -2.52. The van der Waals surface area contributed by atoms with Gasteiger partial charge >= 0.3 is 12.1 Å². The summed E-state index contributed by atoms with van der Waals surface area (Å²) in [5.74, 6) is -1.21. The zero-order chi connectivity index (χ0) is 24.8. The highest BCUT2D eigenvalue weighted by Gasteiger charge is 2.41. The Morgan fingerprint density at radius 1 is 0.941 bits per heavy atom. The van der Waals surface area contributed by atoms with E-state index >= 15 is 0 Å². The lowest BCUT2D eigenvalue weighted by molar-refractivity contribution is -0.142. The Hall–Kier alpha value is -2.29. The number of aliphatic carboxylic acids is 1. The first-order chi connectivity index (χ1) is 15.8. The average molecular weight is 482 g/mol. The SMILES string of the molecule is CC(C)(C)N1CCC(C(=O)N2CC(c3ccc(C(F)(F)F)cc3N3CCC(C(=O)O)CC3)C2)C1. The molecule has 0 aromatic heterocycles. The molecule has 3 saturated heterocycles. The number of hydrogen-bond acceptors (Lipinski definition) is 4. The summed E-state index contributed by atoms with van der Waals surface area (Å²) < 4.78 is 40.3. The molecule has 3 aliphatic rings. The van der Waals surface area contributed by atoms with Gasteiger partial charge in [-0.05, 0) is 64.3 Å². The van der Waals surface area contributed by atoms with Crippen molar-refractivity contribution < 1.29 is 27.9 Å². The van der Waals surface area contributed by atoms with Crippen LogP contribution in [0.3, 0.4) is 0 Å². The van der Waals surface area contributed by atoms with E-state index in [9.17, 15) is 27.9 Å². The number of piperidine rings is 1. The molecule has 3 heterocycles. The lowest BCUT2D eigenvalue weighted by atomic mass is 9.86. The van der Waals surface area contributed by atoms with Crippen LogP contribution in [0, 0.1) is 11.8 Å². The van der Waals surface area contributed by atoms with Crippen molar-refractivity contribution >= 4 is 17.6 Å². The van der Waals surface area contributed by atoms with Crippen molar-refractivity contribution in [2.24, 2.45) is 11.8 Å². The number of halogens is 3. The highest BCUT2D eigenvalue weighted by molar-refractivity contribution is 5.81. The molecule has 1 amide bonds. The Morgan fingerprint density at radius 2 is 1.56 bits per heavy atom. The maximum absolute atomic E-state index is 13.4. The van der Waals surface area contributed by atoms with Crippen molar-refractivity contribution in [3.63, 3.8) is 0 Å². The van der Waals surface area contributed by atoms with Gasteiger partial charge in [0.1, 0.15) is 0 Å². The van der Waals surface area contributed by atoms with Gasteiger partial charge in [0, 0.05) is 49.9 Å². The smallest absolute Gasteiger partial charge is 0.416 e. The fourth-order valence-corrected chi connectivity index (χ4v) is 5.39. The summed E-state index contributed by atoms with van der Waals surface area (Å²) in [5, 5.41) is 9.26. The number of benzene rings is 1. The number of carboxylic acids is 1. The van der Waals surface area contributed by atoms with Crippen LogP contribution >= 0.6 is 0 Å². The molecule has 3 aliphatic heterocycles. The summed E-state index contributed by atoms with van der Waals surface area (Å²) in [6, 6.07) is 3.86.